The monoisotopic (exact) mass is 369 g/mol. The van der Waals surface area contributed by atoms with E-state index in [0.717, 1.165) is 4.31 Å². The molecule has 2 rings (SSSR count). The number of carbonyl (C=O) groups is 1. The number of hydrogen-bond donors (Lipinski definition) is 1. The van der Waals surface area contributed by atoms with Gasteiger partial charge >= 0.3 is 0 Å². The molecular weight excluding hydrogens is 354 g/mol. The molecule has 0 aliphatic carbocycles. The van der Waals surface area contributed by atoms with Crippen LogP contribution >= 0.6 is 11.6 Å². The van der Waals surface area contributed by atoms with Crippen molar-refractivity contribution in [3.63, 3.8) is 0 Å². The number of halogens is 1. The molecule has 0 bridgehead atoms. The van der Waals surface area contributed by atoms with E-state index in [2.05, 4.69) is 10.3 Å². The first-order chi connectivity index (χ1) is 11.3. The average Bonchev–Trinajstić information content (AvgIpc) is 2.56. The minimum Gasteiger partial charge on any atom is -0.496 e. The summed E-state index contributed by atoms with van der Waals surface area (Å²) >= 11 is 5.75. The van der Waals surface area contributed by atoms with Crippen LogP contribution in [0.25, 0.3) is 0 Å². The first-order valence-corrected chi connectivity index (χ1v) is 8.61. The van der Waals surface area contributed by atoms with E-state index in [1.165, 1.54) is 51.7 Å². The van der Waals surface area contributed by atoms with Crippen LogP contribution in [0.15, 0.2) is 41.4 Å². The van der Waals surface area contributed by atoms with E-state index in [1.54, 1.807) is 6.07 Å². The molecule has 0 saturated heterocycles. The van der Waals surface area contributed by atoms with Crippen LogP contribution in [0, 0.1) is 0 Å². The predicted molar refractivity (Wildman–Crippen MR) is 91.1 cm³/mol. The number of pyridine rings is 1. The number of nitrogens with one attached hydrogen (secondary N) is 1. The fourth-order valence-electron chi connectivity index (χ4n) is 1.87. The average molecular weight is 370 g/mol. The molecule has 0 aliphatic heterocycles. The summed E-state index contributed by atoms with van der Waals surface area (Å²) in [5.74, 6) is -0.0102. The number of methoxy groups -OCH3 is 1. The van der Waals surface area contributed by atoms with Crippen molar-refractivity contribution in [1.82, 2.24) is 9.29 Å². The van der Waals surface area contributed by atoms with Gasteiger partial charge in [0.05, 0.1) is 22.6 Å². The second kappa shape index (κ2) is 7.16. The Morgan fingerprint density at radius 3 is 2.50 bits per heavy atom. The van der Waals surface area contributed by atoms with Gasteiger partial charge in [0, 0.05) is 20.3 Å². The number of benzene rings is 1. The Morgan fingerprint density at radius 2 is 1.96 bits per heavy atom. The first-order valence-electron chi connectivity index (χ1n) is 6.79. The number of anilines is 1. The summed E-state index contributed by atoms with van der Waals surface area (Å²) in [6.07, 6.45) is 1.39. The van der Waals surface area contributed by atoms with Crippen LogP contribution in [-0.4, -0.2) is 44.8 Å². The lowest BCUT2D eigenvalue weighted by Crippen LogP contribution is -2.23. The molecule has 1 amide bonds. The van der Waals surface area contributed by atoms with Gasteiger partial charge in [-0.2, -0.15) is 0 Å². The maximum Gasteiger partial charge on any atom is 0.260 e. The molecule has 0 atom stereocenters. The highest BCUT2D eigenvalue weighted by atomic mass is 35.5. The van der Waals surface area contributed by atoms with Crippen LogP contribution in [0.5, 0.6) is 5.75 Å². The van der Waals surface area contributed by atoms with Gasteiger partial charge in [0.2, 0.25) is 10.0 Å². The predicted octanol–water partition coefficient (Wildman–Crippen LogP) is 2.25. The molecule has 7 nitrogen and oxygen atoms in total. The van der Waals surface area contributed by atoms with Crippen molar-refractivity contribution in [1.29, 1.82) is 0 Å². The fourth-order valence-corrected chi connectivity index (χ4v) is 2.91. The number of ether oxygens (including phenoxy) is 1. The third kappa shape index (κ3) is 3.84. The summed E-state index contributed by atoms with van der Waals surface area (Å²) in [5, 5.41) is 3.01. The molecule has 0 radical (unpaired) electrons. The Hall–Kier alpha value is -2.16. The highest BCUT2D eigenvalue weighted by Crippen LogP contribution is 2.24. The van der Waals surface area contributed by atoms with E-state index in [0.29, 0.717) is 5.02 Å². The van der Waals surface area contributed by atoms with Gasteiger partial charge in [0.25, 0.3) is 5.91 Å². The van der Waals surface area contributed by atoms with Crippen molar-refractivity contribution in [3.8, 4) is 5.75 Å². The zero-order valence-electron chi connectivity index (χ0n) is 13.3. The summed E-state index contributed by atoms with van der Waals surface area (Å²) in [4.78, 5) is 16.4. The highest BCUT2D eigenvalue weighted by Gasteiger charge is 2.21. The standard InChI is InChI=1S/C15H16ClN3O4S/c1-19(2)24(21,22)11-5-6-13(23-3)12(8-11)15(20)18-14-7-4-10(16)9-17-14/h4-9H,1-3H3,(H,17,18,20). The number of carbonyl (C=O) groups excluding carboxylic acids is 1. The molecule has 0 unspecified atom stereocenters. The molecule has 1 heterocycles. The van der Waals surface area contributed by atoms with Crippen molar-refractivity contribution in [2.75, 3.05) is 26.5 Å². The topological polar surface area (TPSA) is 88.6 Å². The minimum atomic E-state index is -3.67. The normalized spacial score (nSPS) is 11.4. The third-order valence-corrected chi connectivity index (χ3v) is 5.20. The lowest BCUT2D eigenvalue weighted by molar-refractivity contribution is 0.102. The number of hydrogen-bond acceptors (Lipinski definition) is 5. The second-order valence-electron chi connectivity index (χ2n) is 4.97. The molecule has 1 aromatic carbocycles. The van der Waals surface area contributed by atoms with Crippen LogP contribution in [0.4, 0.5) is 5.82 Å². The van der Waals surface area contributed by atoms with Crippen molar-refractivity contribution in [3.05, 3.63) is 47.1 Å². The van der Waals surface area contributed by atoms with E-state index in [1.807, 2.05) is 0 Å². The maximum absolute atomic E-state index is 12.5. The number of aromatic nitrogens is 1. The first kappa shape index (κ1) is 18.2. The SMILES string of the molecule is COc1ccc(S(=O)(=O)N(C)C)cc1C(=O)Nc1ccc(Cl)cn1. The van der Waals surface area contributed by atoms with Gasteiger partial charge in [0.15, 0.2) is 0 Å². The number of amides is 1. The highest BCUT2D eigenvalue weighted by molar-refractivity contribution is 7.89. The summed E-state index contributed by atoms with van der Waals surface area (Å²) in [6, 6.07) is 7.19. The minimum absolute atomic E-state index is 0.0116. The van der Waals surface area contributed by atoms with E-state index >= 15 is 0 Å². The molecule has 1 N–H and O–H groups in total. The summed E-state index contributed by atoms with van der Waals surface area (Å²) < 4.78 is 30.7. The largest absolute Gasteiger partial charge is 0.496 e. The Morgan fingerprint density at radius 1 is 1.25 bits per heavy atom. The molecule has 0 fully saturated rings. The Labute approximate surface area is 145 Å². The van der Waals surface area contributed by atoms with Gasteiger partial charge in [-0.15, -0.1) is 0 Å². The van der Waals surface area contributed by atoms with Gasteiger partial charge < -0.3 is 10.1 Å². The third-order valence-electron chi connectivity index (χ3n) is 3.16. The lowest BCUT2D eigenvalue weighted by atomic mass is 10.2. The molecule has 24 heavy (non-hydrogen) atoms. The van der Waals surface area contributed by atoms with Gasteiger partial charge in [-0.1, -0.05) is 11.6 Å². The number of nitrogens with zero attached hydrogens (tertiary/aromatic N) is 2. The van der Waals surface area contributed by atoms with Gasteiger partial charge in [0.1, 0.15) is 11.6 Å². The van der Waals surface area contributed by atoms with Crippen LogP contribution in [-0.2, 0) is 10.0 Å². The van der Waals surface area contributed by atoms with Crippen molar-refractivity contribution in [2.24, 2.45) is 0 Å². The summed E-state index contributed by atoms with van der Waals surface area (Å²) in [7, 11) is 0.551. The van der Waals surface area contributed by atoms with Gasteiger partial charge in [-0.25, -0.2) is 17.7 Å². The van der Waals surface area contributed by atoms with Crippen molar-refractivity contribution >= 4 is 33.3 Å². The zero-order chi connectivity index (χ0) is 17.9. The molecule has 2 aromatic rings. The fraction of sp³-hybridized carbons (Fsp3) is 0.200. The summed E-state index contributed by atoms with van der Waals surface area (Å²) in [6.45, 7) is 0. The second-order valence-corrected chi connectivity index (χ2v) is 7.55. The van der Waals surface area contributed by atoms with Crippen LogP contribution < -0.4 is 10.1 Å². The smallest absolute Gasteiger partial charge is 0.260 e. The van der Waals surface area contributed by atoms with Crippen molar-refractivity contribution < 1.29 is 17.9 Å². The number of rotatable bonds is 5. The lowest BCUT2D eigenvalue weighted by Gasteiger charge is -2.14. The summed E-state index contributed by atoms with van der Waals surface area (Å²) in [5.41, 5.74) is 0.0807. The molecule has 0 aliphatic rings. The molecule has 1 aromatic heterocycles. The van der Waals surface area contributed by atoms with Crippen molar-refractivity contribution in [2.45, 2.75) is 4.90 Å². The molecule has 0 saturated carbocycles. The maximum atomic E-state index is 12.5. The molecule has 9 heteroatoms. The van der Waals surface area contributed by atoms with Crippen LogP contribution in [0.2, 0.25) is 5.02 Å². The Kier molecular flexibility index (Phi) is 5.43. The van der Waals surface area contributed by atoms with E-state index in [-0.39, 0.29) is 22.0 Å². The van der Waals surface area contributed by atoms with E-state index in [9.17, 15) is 13.2 Å². The molecular formula is C15H16ClN3O4S. The zero-order valence-corrected chi connectivity index (χ0v) is 14.9. The Bertz CT molecular complexity index is 852. The van der Waals surface area contributed by atoms with Crippen LogP contribution in [0.3, 0.4) is 0 Å². The quantitative estimate of drug-likeness (QED) is 0.873. The van der Waals surface area contributed by atoms with Gasteiger partial charge in [-0.3, -0.25) is 4.79 Å². The van der Waals surface area contributed by atoms with E-state index in [4.69, 9.17) is 16.3 Å². The van der Waals surface area contributed by atoms with E-state index < -0.39 is 15.9 Å². The number of sulfonamides is 1. The molecule has 0 spiro atoms. The Balaban J connectivity index is 2.40. The molecule has 128 valence electrons. The van der Waals surface area contributed by atoms with Gasteiger partial charge in [-0.05, 0) is 30.3 Å². The van der Waals surface area contributed by atoms with Crippen LogP contribution in [0.1, 0.15) is 10.4 Å².